The second kappa shape index (κ2) is 8.12. The SMILES string of the molecule is CC(C)(CNC(=O)COc1ccc(I)cc1)N1CCOCC1. The van der Waals surface area contributed by atoms with Crippen LogP contribution in [0.5, 0.6) is 5.75 Å². The molecule has 0 atom stereocenters. The van der Waals surface area contributed by atoms with Gasteiger partial charge < -0.3 is 14.8 Å². The lowest BCUT2D eigenvalue weighted by Gasteiger charge is -2.40. The topological polar surface area (TPSA) is 50.8 Å². The second-order valence-corrected chi connectivity index (χ2v) is 7.18. The monoisotopic (exact) mass is 418 g/mol. The molecule has 1 saturated heterocycles. The van der Waals surface area contributed by atoms with Gasteiger partial charge in [-0.2, -0.15) is 0 Å². The Labute approximate surface area is 145 Å². The van der Waals surface area contributed by atoms with E-state index in [4.69, 9.17) is 9.47 Å². The number of ether oxygens (including phenoxy) is 2. The molecule has 1 aliphatic rings. The molecule has 0 unspecified atom stereocenters. The van der Waals surface area contributed by atoms with Crippen LogP contribution < -0.4 is 10.1 Å². The average Bonchev–Trinajstić information content (AvgIpc) is 2.53. The van der Waals surface area contributed by atoms with E-state index in [9.17, 15) is 4.79 Å². The number of halogens is 1. The number of nitrogens with one attached hydrogen (secondary N) is 1. The number of amides is 1. The molecule has 0 aliphatic carbocycles. The predicted octanol–water partition coefficient (Wildman–Crippen LogP) is 1.90. The molecule has 22 heavy (non-hydrogen) atoms. The molecule has 0 bridgehead atoms. The maximum Gasteiger partial charge on any atom is 0.258 e. The van der Waals surface area contributed by atoms with Crippen LogP contribution in [0.15, 0.2) is 24.3 Å². The highest BCUT2D eigenvalue weighted by Crippen LogP contribution is 2.15. The first-order chi connectivity index (χ1) is 10.5. The van der Waals surface area contributed by atoms with Crippen molar-refractivity contribution in [1.29, 1.82) is 0 Å². The first kappa shape index (κ1) is 17.5. The lowest BCUT2D eigenvalue weighted by molar-refractivity contribution is -0.123. The molecule has 5 nitrogen and oxygen atoms in total. The number of carbonyl (C=O) groups is 1. The van der Waals surface area contributed by atoms with Crippen molar-refractivity contribution in [2.45, 2.75) is 19.4 Å². The van der Waals surface area contributed by atoms with Crippen molar-refractivity contribution in [2.75, 3.05) is 39.5 Å². The maximum atomic E-state index is 11.9. The van der Waals surface area contributed by atoms with E-state index in [1.54, 1.807) is 0 Å². The summed E-state index contributed by atoms with van der Waals surface area (Å²) < 4.78 is 12.0. The number of rotatable bonds is 6. The van der Waals surface area contributed by atoms with E-state index in [0.29, 0.717) is 12.3 Å². The summed E-state index contributed by atoms with van der Waals surface area (Å²) in [4.78, 5) is 14.3. The number of carbonyl (C=O) groups excluding carboxylic acids is 1. The third-order valence-electron chi connectivity index (χ3n) is 3.77. The summed E-state index contributed by atoms with van der Waals surface area (Å²) in [6, 6.07) is 7.64. The lowest BCUT2D eigenvalue weighted by Crippen LogP contribution is -2.55. The van der Waals surface area contributed by atoms with Gasteiger partial charge in [-0.25, -0.2) is 0 Å². The van der Waals surface area contributed by atoms with Crippen LogP contribution in [0.1, 0.15) is 13.8 Å². The smallest absolute Gasteiger partial charge is 0.258 e. The molecule has 1 fully saturated rings. The fourth-order valence-electron chi connectivity index (χ4n) is 2.33. The quantitative estimate of drug-likeness (QED) is 0.718. The van der Waals surface area contributed by atoms with E-state index in [1.807, 2.05) is 24.3 Å². The summed E-state index contributed by atoms with van der Waals surface area (Å²) in [5.41, 5.74) is -0.0811. The molecular formula is C16H23IN2O3. The van der Waals surface area contributed by atoms with E-state index in [1.165, 1.54) is 0 Å². The van der Waals surface area contributed by atoms with Gasteiger partial charge in [0.05, 0.1) is 13.2 Å². The van der Waals surface area contributed by atoms with Crippen molar-refractivity contribution in [3.63, 3.8) is 0 Å². The van der Waals surface area contributed by atoms with Crippen LogP contribution in [0.3, 0.4) is 0 Å². The van der Waals surface area contributed by atoms with Gasteiger partial charge in [-0.1, -0.05) is 0 Å². The van der Waals surface area contributed by atoms with Crippen LogP contribution in [-0.2, 0) is 9.53 Å². The predicted molar refractivity (Wildman–Crippen MR) is 94.1 cm³/mol. The largest absolute Gasteiger partial charge is 0.484 e. The fraction of sp³-hybridized carbons (Fsp3) is 0.562. The van der Waals surface area contributed by atoms with Gasteiger partial charge in [0.2, 0.25) is 0 Å². The summed E-state index contributed by atoms with van der Waals surface area (Å²) in [6.07, 6.45) is 0. The summed E-state index contributed by atoms with van der Waals surface area (Å²) in [5, 5.41) is 2.95. The Bertz CT molecular complexity index is 485. The Morgan fingerprint density at radius 1 is 1.32 bits per heavy atom. The van der Waals surface area contributed by atoms with Crippen molar-refractivity contribution < 1.29 is 14.3 Å². The number of nitrogens with zero attached hydrogens (tertiary/aromatic N) is 1. The Hall–Kier alpha value is -0.860. The fourth-order valence-corrected chi connectivity index (χ4v) is 2.69. The summed E-state index contributed by atoms with van der Waals surface area (Å²) in [5.74, 6) is 0.614. The van der Waals surface area contributed by atoms with Gasteiger partial charge in [0.1, 0.15) is 5.75 Å². The van der Waals surface area contributed by atoms with Crippen molar-refractivity contribution in [2.24, 2.45) is 0 Å². The molecule has 0 saturated carbocycles. The molecule has 6 heteroatoms. The normalized spacial score (nSPS) is 16.3. The highest BCUT2D eigenvalue weighted by molar-refractivity contribution is 14.1. The zero-order valence-corrected chi connectivity index (χ0v) is 15.3. The van der Waals surface area contributed by atoms with Crippen LogP contribution in [0.2, 0.25) is 0 Å². The Morgan fingerprint density at radius 2 is 1.95 bits per heavy atom. The summed E-state index contributed by atoms with van der Waals surface area (Å²) in [7, 11) is 0. The average molecular weight is 418 g/mol. The van der Waals surface area contributed by atoms with E-state index in [0.717, 1.165) is 29.9 Å². The zero-order chi connectivity index (χ0) is 16.0. The van der Waals surface area contributed by atoms with Crippen molar-refractivity contribution in [1.82, 2.24) is 10.2 Å². The van der Waals surface area contributed by atoms with Gasteiger partial charge in [-0.15, -0.1) is 0 Å². The molecule has 0 spiro atoms. The van der Waals surface area contributed by atoms with E-state index in [2.05, 4.69) is 46.7 Å². The van der Waals surface area contributed by atoms with Crippen LogP contribution >= 0.6 is 22.6 Å². The van der Waals surface area contributed by atoms with Crippen LogP contribution in [0.4, 0.5) is 0 Å². The number of hydrogen-bond acceptors (Lipinski definition) is 4. The number of benzene rings is 1. The minimum atomic E-state index is -0.0973. The lowest BCUT2D eigenvalue weighted by atomic mass is 10.0. The van der Waals surface area contributed by atoms with E-state index < -0.39 is 0 Å². The third-order valence-corrected chi connectivity index (χ3v) is 4.49. The van der Waals surface area contributed by atoms with Gasteiger partial charge in [-0.3, -0.25) is 9.69 Å². The zero-order valence-electron chi connectivity index (χ0n) is 13.1. The Kier molecular flexibility index (Phi) is 6.46. The molecule has 1 heterocycles. The van der Waals surface area contributed by atoms with Crippen LogP contribution in [-0.4, -0.2) is 55.8 Å². The van der Waals surface area contributed by atoms with Gasteiger partial charge in [-0.05, 0) is 60.7 Å². The summed E-state index contributed by atoms with van der Waals surface area (Å²) >= 11 is 2.23. The minimum absolute atomic E-state index is 0.0415. The molecule has 1 aromatic rings. The molecule has 1 amide bonds. The van der Waals surface area contributed by atoms with Crippen molar-refractivity contribution >= 4 is 28.5 Å². The minimum Gasteiger partial charge on any atom is -0.484 e. The van der Waals surface area contributed by atoms with Gasteiger partial charge in [0.15, 0.2) is 6.61 Å². The van der Waals surface area contributed by atoms with Crippen LogP contribution in [0.25, 0.3) is 0 Å². The van der Waals surface area contributed by atoms with Gasteiger partial charge in [0, 0.05) is 28.7 Å². The van der Waals surface area contributed by atoms with Gasteiger partial charge in [0.25, 0.3) is 5.91 Å². The first-order valence-corrected chi connectivity index (χ1v) is 8.53. The maximum absolute atomic E-state index is 11.9. The highest BCUT2D eigenvalue weighted by Gasteiger charge is 2.28. The highest BCUT2D eigenvalue weighted by atomic mass is 127. The first-order valence-electron chi connectivity index (χ1n) is 7.45. The number of morpholine rings is 1. The number of hydrogen-bond donors (Lipinski definition) is 1. The molecule has 1 aliphatic heterocycles. The Morgan fingerprint density at radius 3 is 2.59 bits per heavy atom. The molecular weight excluding hydrogens is 395 g/mol. The second-order valence-electron chi connectivity index (χ2n) is 5.93. The standard InChI is InChI=1S/C16H23IN2O3/c1-16(2,19-7-9-21-10-8-19)12-18-15(20)11-22-14-5-3-13(17)4-6-14/h3-6H,7-12H2,1-2H3,(H,18,20). The third kappa shape index (κ3) is 5.40. The van der Waals surface area contributed by atoms with Crippen molar-refractivity contribution in [3.05, 3.63) is 27.8 Å². The molecule has 0 radical (unpaired) electrons. The van der Waals surface area contributed by atoms with Gasteiger partial charge >= 0.3 is 0 Å². The molecule has 0 aromatic heterocycles. The van der Waals surface area contributed by atoms with E-state index in [-0.39, 0.29) is 18.1 Å². The Balaban J connectivity index is 1.73. The molecule has 1 aromatic carbocycles. The van der Waals surface area contributed by atoms with Crippen molar-refractivity contribution in [3.8, 4) is 5.75 Å². The molecule has 2 rings (SSSR count). The van der Waals surface area contributed by atoms with Crippen LogP contribution in [0, 0.1) is 3.57 Å². The van der Waals surface area contributed by atoms with E-state index >= 15 is 0 Å². The molecule has 1 N–H and O–H groups in total. The molecule has 122 valence electrons. The summed E-state index contributed by atoms with van der Waals surface area (Å²) in [6.45, 7) is 8.24.